The van der Waals surface area contributed by atoms with Crippen LogP contribution < -0.4 is 10.6 Å². The number of aryl methyl sites for hydroxylation is 1. The lowest BCUT2D eigenvalue weighted by atomic mass is 10.1. The molecule has 0 saturated carbocycles. The van der Waals surface area contributed by atoms with E-state index in [1.54, 1.807) is 24.3 Å². The fourth-order valence-corrected chi connectivity index (χ4v) is 2.13. The summed E-state index contributed by atoms with van der Waals surface area (Å²) >= 11 is 5.76. The number of carbonyl (C=O) groups is 2. The molecule has 2 rings (SSSR count). The molecule has 0 saturated heterocycles. The molecule has 0 spiro atoms. The van der Waals surface area contributed by atoms with Crippen LogP contribution in [-0.2, 0) is 16.0 Å². The number of rotatable bonds is 4. The van der Waals surface area contributed by atoms with Crippen molar-refractivity contribution in [1.29, 1.82) is 0 Å². The van der Waals surface area contributed by atoms with Crippen molar-refractivity contribution in [3.8, 4) is 0 Å². The second-order valence-corrected chi connectivity index (χ2v) is 5.33. The molecule has 2 amide bonds. The third-order valence-corrected chi connectivity index (χ3v) is 3.50. The highest BCUT2D eigenvalue weighted by atomic mass is 35.5. The van der Waals surface area contributed by atoms with Crippen LogP contribution in [0.15, 0.2) is 48.5 Å². The molecular weight excluding hydrogens is 300 g/mol. The Morgan fingerprint density at radius 3 is 2.36 bits per heavy atom. The van der Waals surface area contributed by atoms with E-state index in [-0.39, 0.29) is 0 Å². The Bertz CT molecular complexity index is 669. The summed E-state index contributed by atoms with van der Waals surface area (Å²) in [5.74, 6) is -1.34. The first-order valence-electron chi connectivity index (χ1n) is 6.95. The minimum Gasteiger partial charge on any atom is -0.347 e. The van der Waals surface area contributed by atoms with Gasteiger partial charge in [0.15, 0.2) is 0 Å². The van der Waals surface area contributed by atoms with E-state index in [0.29, 0.717) is 23.7 Å². The molecule has 0 unspecified atom stereocenters. The minimum atomic E-state index is -0.688. The molecule has 0 radical (unpaired) electrons. The Hall–Kier alpha value is -2.33. The van der Waals surface area contributed by atoms with Crippen LogP contribution in [0.3, 0.4) is 0 Å². The van der Waals surface area contributed by atoms with Crippen LogP contribution in [0.2, 0.25) is 5.02 Å². The van der Waals surface area contributed by atoms with Crippen LogP contribution >= 0.6 is 11.6 Å². The molecule has 0 bridgehead atoms. The molecule has 0 aliphatic rings. The molecule has 2 aromatic carbocycles. The largest absolute Gasteiger partial charge is 0.347 e. The number of carbonyl (C=O) groups excluding carboxylic acids is 2. The summed E-state index contributed by atoms with van der Waals surface area (Å²) in [6, 6.07) is 14.5. The SMILES string of the molecule is Cc1ccccc1CCNC(=O)C(=O)Nc1ccc(Cl)cc1. The number of halogens is 1. The van der Waals surface area contributed by atoms with E-state index in [1.165, 1.54) is 5.56 Å². The topological polar surface area (TPSA) is 58.2 Å². The van der Waals surface area contributed by atoms with Crippen molar-refractivity contribution in [1.82, 2.24) is 5.32 Å². The van der Waals surface area contributed by atoms with Gasteiger partial charge in [0.1, 0.15) is 0 Å². The van der Waals surface area contributed by atoms with Gasteiger partial charge in [0, 0.05) is 17.3 Å². The zero-order valence-electron chi connectivity index (χ0n) is 12.2. The first kappa shape index (κ1) is 16.0. The van der Waals surface area contributed by atoms with E-state index in [0.717, 1.165) is 5.56 Å². The molecule has 0 heterocycles. The maximum absolute atomic E-state index is 11.8. The van der Waals surface area contributed by atoms with Crippen molar-refractivity contribution in [3.63, 3.8) is 0 Å². The Morgan fingerprint density at radius 1 is 1.00 bits per heavy atom. The van der Waals surface area contributed by atoms with Gasteiger partial charge in [-0.2, -0.15) is 0 Å². The van der Waals surface area contributed by atoms with Crippen molar-refractivity contribution in [2.24, 2.45) is 0 Å². The molecule has 0 aliphatic heterocycles. The summed E-state index contributed by atoms with van der Waals surface area (Å²) in [4.78, 5) is 23.5. The van der Waals surface area contributed by atoms with Crippen molar-refractivity contribution < 1.29 is 9.59 Å². The van der Waals surface area contributed by atoms with Crippen LogP contribution in [0.5, 0.6) is 0 Å². The first-order chi connectivity index (χ1) is 10.6. The van der Waals surface area contributed by atoms with E-state index in [4.69, 9.17) is 11.6 Å². The van der Waals surface area contributed by atoms with Crippen LogP contribution in [0, 0.1) is 6.92 Å². The molecule has 0 aliphatic carbocycles. The van der Waals surface area contributed by atoms with Crippen LogP contribution in [0.1, 0.15) is 11.1 Å². The molecule has 5 heteroatoms. The lowest BCUT2D eigenvalue weighted by Gasteiger charge is -2.08. The zero-order chi connectivity index (χ0) is 15.9. The Labute approximate surface area is 134 Å². The van der Waals surface area contributed by atoms with Crippen LogP contribution in [0.25, 0.3) is 0 Å². The maximum atomic E-state index is 11.8. The standard InChI is InChI=1S/C17H17ClN2O2/c1-12-4-2-3-5-13(12)10-11-19-16(21)17(22)20-15-8-6-14(18)7-9-15/h2-9H,10-11H2,1H3,(H,19,21)(H,20,22). The molecule has 0 aromatic heterocycles. The molecule has 2 aromatic rings. The highest BCUT2D eigenvalue weighted by Crippen LogP contribution is 2.13. The summed E-state index contributed by atoms with van der Waals surface area (Å²) < 4.78 is 0. The summed E-state index contributed by atoms with van der Waals surface area (Å²) in [7, 11) is 0. The third-order valence-electron chi connectivity index (χ3n) is 3.25. The van der Waals surface area contributed by atoms with Gasteiger partial charge in [0.25, 0.3) is 0 Å². The average molecular weight is 317 g/mol. The fourth-order valence-electron chi connectivity index (χ4n) is 2.00. The van der Waals surface area contributed by atoms with Crippen LogP contribution in [-0.4, -0.2) is 18.4 Å². The van der Waals surface area contributed by atoms with Crippen molar-refractivity contribution >= 4 is 29.1 Å². The monoisotopic (exact) mass is 316 g/mol. The first-order valence-corrected chi connectivity index (χ1v) is 7.33. The number of hydrogen-bond donors (Lipinski definition) is 2. The predicted octanol–water partition coefficient (Wildman–Crippen LogP) is 2.95. The molecule has 22 heavy (non-hydrogen) atoms. The second kappa shape index (κ2) is 7.61. The maximum Gasteiger partial charge on any atom is 0.313 e. The molecule has 0 atom stereocenters. The van der Waals surface area contributed by atoms with Gasteiger partial charge in [-0.05, 0) is 48.7 Å². The lowest BCUT2D eigenvalue weighted by molar-refractivity contribution is -0.136. The summed E-state index contributed by atoms with van der Waals surface area (Å²) in [6.45, 7) is 2.43. The number of amides is 2. The Morgan fingerprint density at radius 2 is 1.68 bits per heavy atom. The molecular formula is C17H17ClN2O2. The third kappa shape index (κ3) is 4.60. The van der Waals surface area contributed by atoms with E-state index < -0.39 is 11.8 Å². The summed E-state index contributed by atoms with van der Waals surface area (Å²) in [6.07, 6.45) is 0.687. The smallest absolute Gasteiger partial charge is 0.313 e. The van der Waals surface area contributed by atoms with E-state index in [2.05, 4.69) is 10.6 Å². The van der Waals surface area contributed by atoms with Gasteiger partial charge in [-0.3, -0.25) is 9.59 Å². The van der Waals surface area contributed by atoms with Gasteiger partial charge < -0.3 is 10.6 Å². The predicted molar refractivity (Wildman–Crippen MR) is 88.0 cm³/mol. The van der Waals surface area contributed by atoms with E-state index >= 15 is 0 Å². The zero-order valence-corrected chi connectivity index (χ0v) is 13.0. The van der Waals surface area contributed by atoms with Crippen LogP contribution in [0.4, 0.5) is 5.69 Å². The molecule has 0 fully saturated rings. The van der Waals surface area contributed by atoms with Gasteiger partial charge in [0.05, 0.1) is 0 Å². The lowest BCUT2D eigenvalue weighted by Crippen LogP contribution is -2.36. The average Bonchev–Trinajstić information content (AvgIpc) is 2.51. The minimum absolute atomic E-state index is 0.414. The summed E-state index contributed by atoms with van der Waals surface area (Å²) in [5, 5.41) is 5.70. The normalized spacial score (nSPS) is 10.1. The number of nitrogens with one attached hydrogen (secondary N) is 2. The number of hydrogen-bond acceptors (Lipinski definition) is 2. The Kier molecular flexibility index (Phi) is 5.55. The number of benzene rings is 2. The molecule has 114 valence electrons. The van der Waals surface area contributed by atoms with Crippen molar-refractivity contribution in [2.75, 3.05) is 11.9 Å². The Balaban J connectivity index is 1.80. The van der Waals surface area contributed by atoms with Gasteiger partial charge in [-0.25, -0.2) is 0 Å². The molecule has 4 nitrogen and oxygen atoms in total. The fraction of sp³-hybridized carbons (Fsp3) is 0.176. The van der Waals surface area contributed by atoms with E-state index in [9.17, 15) is 9.59 Å². The van der Waals surface area contributed by atoms with Gasteiger partial charge in [0.2, 0.25) is 0 Å². The number of anilines is 1. The second-order valence-electron chi connectivity index (χ2n) is 4.89. The van der Waals surface area contributed by atoms with Gasteiger partial charge in [-0.15, -0.1) is 0 Å². The van der Waals surface area contributed by atoms with Gasteiger partial charge >= 0.3 is 11.8 Å². The van der Waals surface area contributed by atoms with Crippen molar-refractivity contribution in [3.05, 3.63) is 64.7 Å². The molecule has 2 N–H and O–H groups in total. The van der Waals surface area contributed by atoms with E-state index in [1.807, 2.05) is 31.2 Å². The summed E-state index contributed by atoms with van der Waals surface area (Å²) in [5.41, 5.74) is 2.85. The highest BCUT2D eigenvalue weighted by molar-refractivity contribution is 6.39. The quantitative estimate of drug-likeness (QED) is 0.852. The van der Waals surface area contributed by atoms with Gasteiger partial charge in [-0.1, -0.05) is 35.9 Å². The van der Waals surface area contributed by atoms with Crippen molar-refractivity contribution in [2.45, 2.75) is 13.3 Å². The highest BCUT2D eigenvalue weighted by Gasteiger charge is 2.13.